The van der Waals surface area contributed by atoms with Gasteiger partial charge in [-0.3, -0.25) is 9.48 Å². The molecular weight excluding hydrogens is 315 g/mol. The van der Waals surface area contributed by atoms with Crippen LogP contribution in [0.15, 0.2) is 35.1 Å². The number of hydrogen-bond acceptors (Lipinski definition) is 3. The molecule has 2 aromatic rings. The number of anilines is 1. The van der Waals surface area contributed by atoms with Crippen LogP contribution in [0.3, 0.4) is 0 Å². The monoisotopic (exact) mass is 326 g/mol. The van der Waals surface area contributed by atoms with Gasteiger partial charge >= 0.3 is 0 Å². The van der Waals surface area contributed by atoms with Crippen molar-refractivity contribution in [3.05, 3.63) is 46.4 Å². The first-order valence-corrected chi connectivity index (χ1v) is 6.37. The van der Waals surface area contributed by atoms with Gasteiger partial charge < -0.3 is 11.1 Å². The number of rotatable bonds is 4. The van der Waals surface area contributed by atoms with Gasteiger partial charge in [0.1, 0.15) is 5.82 Å². The first-order chi connectivity index (χ1) is 9.06. The van der Waals surface area contributed by atoms with Crippen molar-refractivity contribution in [1.82, 2.24) is 15.1 Å². The molecule has 1 aromatic carbocycles. The number of nitrogens with zero attached hydrogens (tertiary/aromatic N) is 2. The molecule has 19 heavy (non-hydrogen) atoms. The van der Waals surface area contributed by atoms with E-state index in [4.69, 9.17) is 5.73 Å². The second-order valence-corrected chi connectivity index (χ2v) is 4.83. The number of amides is 1. The first kappa shape index (κ1) is 13.5. The largest absolute Gasteiger partial charge is 0.396 e. The number of halogens is 2. The van der Waals surface area contributed by atoms with Crippen LogP contribution in [0.4, 0.5) is 10.1 Å². The molecule has 0 atom stereocenters. The minimum absolute atomic E-state index is 0.00866. The summed E-state index contributed by atoms with van der Waals surface area (Å²) in [5.41, 5.74) is 6.08. The number of carbonyl (C=O) groups excluding carboxylic acids is 1. The maximum Gasteiger partial charge on any atom is 0.254 e. The zero-order valence-corrected chi connectivity index (χ0v) is 11.5. The predicted molar refractivity (Wildman–Crippen MR) is 73.1 cm³/mol. The maximum absolute atomic E-state index is 13.5. The lowest BCUT2D eigenvalue weighted by molar-refractivity contribution is 0.0948. The molecule has 0 fully saturated rings. The van der Waals surface area contributed by atoms with Crippen LogP contribution in [-0.2, 0) is 6.54 Å². The predicted octanol–water partition coefficient (Wildman–Crippen LogP) is 1.80. The summed E-state index contributed by atoms with van der Waals surface area (Å²) in [6.45, 7) is 0.810. The van der Waals surface area contributed by atoms with Crippen molar-refractivity contribution in [3.8, 4) is 0 Å². The fourth-order valence-corrected chi connectivity index (χ4v) is 1.91. The summed E-state index contributed by atoms with van der Waals surface area (Å²) in [7, 11) is 0. The lowest BCUT2D eigenvalue weighted by atomic mass is 10.2. The van der Waals surface area contributed by atoms with Gasteiger partial charge in [-0.2, -0.15) is 5.10 Å². The molecule has 0 aliphatic rings. The topological polar surface area (TPSA) is 72.9 Å². The van der Waals surface area contributed by atoms with Crippen LogP contribution < -0.4 is 11.1 Å². The number of hydrogen-bond donors (Lipinski definition) is 2. The van der Waals surface area contributed by atoms with E-state index in [1.54, 1.807) is 16.9 Å². The number of nitrogen functional groups attached to an aromatic ring is 1. The van der Waals surface area contributed by atoms with Crippen molar-refractivity contribution in [3.63, 3.8) is 0 Å². The summed E-state index contributed by atoms with van der Waals surface area (Å²) >= 11 is 3.20. The molecule has 0 aliphatic carbocycles. The van der Waals surface area contributed by atoms with Crippen LogP contribution >= 0.6 is 15.9 Å². The minimum atomic E-state index is -0.552. The van der Waals surface area contributed by atoms with Crippen molar-refractivity contribution in [2.24, 2.45) is 0 Å². The van der Waals surface area contributed by atoms with Crippen molar-refractivity contribution in [2.45, 2.75) is 6.54 Å². The fraction of sp³-hybridized carbons (Fsp3) is 0.167. The van der Waals surface area contributed by atoms with E-state index in [0.29, 0.717) is 23.2 Å². The molecule has 0 spiro atoms. The van der Waals surface area contributed by atoms with E-state index >= 15 is 0 Å². The van der Waals surface area contributed by atoms with E-state index < -0.39 is 11.7 Å². The lowest BCUT2D eigenvalue weighted by Crippen LogP contribution is -2.28. The van der Waals surface area contributed by atoms with Gasteiger partial charge in [-0.15, -0.1) is 0 Å². The number of aromatic nitrogens is 2. The van der Waals surface area contributed by atoms with Crippen molar-refractivity contribution < 1.29 is 9.18 Å². The van der Waals surface area contributed by atoms with E-state index in [1.807, 2.05) is 0 Å². The van der Waals surface area contributed by atoms with Crippen LogP contribution in [0.25, 0.3) is 0 Å². The summed E-state index contributed by atoms with van der Waals surface area (Å²) < 4.78 is 15.7. The summed E-state index contributed by atoms with van der Waals surface area (Å²) in [4.78, 5) is 11.8. The van der Waals surface area contributed by atoms with E-state index in [9.17, 15) is 9.18 Å². The Morgan fingerprint density at radius 1 is 1.53 bits per heavy atom. The molecule has 7 heteroatoms. The third-order valence-electron chi connectivity index (χ3n) is 2.45. The van der Waals surface area contributed by atoms with Gasteiger partial charge in [-0.05, 0) is 18.2 Å². The highest BCUT2D eigenvalue weighted by Gasteiger charge is 2.11. The normalized spacial score (nSPS) is 10.4. The molecule has 0 aliphatic heterocycles. The van der Waals surface area contributed by atoms with Crippen LogP contribution in [0.5, 0.6) is 0 Å². The van der Waals surface area contributed by atoms with Gasteiger partial charge in [0, 0.05) is 17.2 Å². The van der Waals surface area contributed by atoms with Crippen LogP contribution in [0, 0.1) is 5.82 Å². The molecule has 0 radical (unpaired) electrons. The maximum atomic E-state index is 13.5. The van der Waals surface area contributed by atoms with Gasteiger partial charge in [0.25, 0.3) is 5.91 Å². The third-order valence-corrected chi connectivity index (χ3v) is 2.95. The summed E-state index contributed by atoms with van der Waals surface area (Å²) in [6.07, 6.45) is 3.18. The number of benzene rings is 1. The van der Waals surface area contributed by atoms with Crippen LogP contribution in [-0.4, -0.2) is 22.2 Å². The van der Waals surface area contributed by atoms with Gasteiger partial charge in [-0.25, -0.2) is 4.39 Å². The van der Waals surface area contributed by atoms with E-state index in [1.165, 1.54) is 18.3 Å². The zero-order chi connectivity index (χ0) is 13.8. The van der Waals surface area contributed by atoms with Gasteiger partial charge in [0.2, 0.25) is 0 Å². The van der Waals surface area contributed by atoms with Crippen LogP contribution in [0.2, 0.25) is 0 Å². The van der Waals surface area contributed by atoms with E-state index in [0.717, 1.165) is 0 Å². The Hall–Kier alpha value is -1.89. The quantitative estimate of drug-likeness (QED) is 0.899. The Balaban J connectivity index is 1.92. The fourth-order valence-electron chi connectivity index (χ4n) is 1.55. The highest BCUT2D eigenvalue weighted by Crippen LogP contribution is 2.15. The average molecular weight is 327 g/mol. The highest BCUT2D eigenvalue weighted by molar-refractivity contribution is 9.10. The van der Waals surface area contributed by atoms with Crippen molar-refractivity contribution in [1.29, 1.82) is 0 Å². The van der Waals surface area contributed by atoms with E-state index in [2.05, 4.69) is 26.3 Å². The van der Waals surface area contributed by atoms with Crippen molar-refractivity contribution in [2.75, 3.05) is 12.3 Å². The second-order valence-electron chi connectivity index (χ2n) is 3.92. The molecule has 100 valence electrons. The van der Waals surface area contributed by atoms with Gasteiger partial charge in [0.05, 0.1) is 24.0 Å². The Morgan fingerprint density at radius 2 is 2.32 bits per heavy atom. The highest BCUT2D eigenvalue weighted by atomic mass is 79.9. The van der Waals surface area contributed by atoms with Crippen molar-refractivity contribution >= 4 is 27.5 Å². The molecule has 0 saturated carbocycles. The molecule has 5 nitrogen and oxygen atoms in total. The first-order valence-electron chi connectivity index (χ1n) is 5.57. The molecule has 3 N–H and O–H groups in total. The average Bonchev–Trinajstić information content (AvgIpc) is 2.78. The molecular formula is C12H12BrFN4O. The van der Waals surface area contributed by atoms with E-state index in [-0.39, 0.29) is 5.56 Å². The smallest absolute Gasteiger partial charge is 0.254 e. The Kier molecular flexibility index (Phi) is 4.16. The Morgan fingerprint density at radius 3 is 3.00 bits per heavy atom. The Bertz CT molecular complexity index is 599. The number of nitrogens with one attached hydrogen (secondary N) is 1. The summed E-state index contributed by atoms with van der Waals surface area (Å²) in [5, 5.41) is 6.60. The standard InChI is InChI=1S/C12H12BrFN4O/c13-8-1-2-11(14)10(5-8)12(19)16-3-4-18-7-9(15)6-17-18/h1-2,5-7H,3-4,15H2,(H,16,19). The van der Waals surface area contributed by atoms with Gasteiger partial charge in [-0.1, -0.05) is 15.9 Å². The van der Waals surface area contributed by atoms with Crippen LogP contribution in [0.1, 0.15) is 10.4 Å². The minimum Gasteiger partial charge on any atom is -0.396 e. The molecule has 1 aromatic heterocycles. The lowest BCUT2D eigenvalue weighted by Gasteiger charge is -2.06. The molecule has 0 saturated heterocycles. The second kappa shape index (κ2) is 5.83. The number of nitrogens with two attached hydrogens (primary N) is 1. The number of carbonyl (C=O) groups is 1. The molecule has 0 bridgehead atoms. The summed E-state index contributed by atoms with van der Waals surface area (Å²) in [6, 6.07) is 4.22. The SMILES string of the molecule is Nc1cnn(CCNC(=O)c2cc(Br)ccc2F)c1. The molecule has 1 heterocycles. The molecule has 1 amide bonds. The third kappa shape index (κ3) is 3.54. The molecule has 2 rings (SSSR count). The molecule has 0 unspecified atom stereocenters. The summed E-state index contributed by atoms with van der Waals surface area (Å²) in [5.74, 6) is -1.01. The zero-order valence-electron chi connectivity index (χ0n) is 9.94. The Labute approximate surface area is 117 Å². The van der Waals surface area contributed by atoms with Gasteiger partial charge in [0.15, 0.2) is 0 Å².